The number of carbonyl (C=O) groups excluding carboxylic acids is 2. The van der Waals surface area contributed by atoms with E-state index in [1.165, 1.54) is 18.6 Å². The minimum Gasteiger partial charge on any atom is -0.476 e. The maximum absolute atomic E-state index is 12.2. The summed E-state index contributed by atoms with van der Waals surface area (Å²) in [6, 6.07) is 2.02. The number of hydrogen-bond acceptors (Lipinski definition) is 9. The SMILES string of the molecule is CC(=O)Nc1ccc(S(=O)(=O)NNC(=O)COc2cnccn2)nc1C(=O)O. The van der Waals surface area contributed by atoms with Crippen LogP contribution in [0.25, 0.3) is 0 Å². The van der Waals surface area contributed by atoms with Crippen molar-refractivity contribution in [1.82, 2.24) is 25.2 Å². The Bertz CT molecular complexity index is 996. The number of aromatic nitrogens is 3. The van der Waals surface area contributed by atoms with E-state index in [-0.39, 0.29) is 11.6 Å². The first kappa shape index (κ1) is 20.7. The third-order valence-corrected chi connectivity index (χ3v) is 4.02. The molecule has 2 rings (SSSR count). The molecule has 0 aromatic carbocycles. The summed E-state index contributed by atoms with van der Waals surface area (Å²) in [7, 11) is -4.39. The second-order valence-corrected chi connectivity index (χ2v) is 6.65. The lowest BCUT2D eigenvalue weighted by atomic mass is 10.3. The third-order valence-electron chi connectivity index (χ3n) is 2.87. The van der Waals surface area contributed by atoms with Gasteiger partial charge in [0.05, 0.1) is 11.9 Å². The highest BCUT2D eigenvalue weighted by Gasteiger charge is 2.22. The number of hydrazine groups is 1. The predicted molar refractivity (Wildman–Crippen MR) is 91.5 cm³/mol. The van der Waals surface area contributed by atoms with Crippen molar-refractivity contribution >= 4 is 33.5 Å². The number of rotatable bonds is 8. The molecule has 2 aromatic heterocycles. The summed E-state index contributed by atoms with van der Waals surface area (Å²) in [5.41, 5.74) is 1.01. The van der Waals surface area contributed by atoms with Gasteiger partial charge in [-0.2, -0.15) is 0 Å². The molecular weight excluding hydrogens is 396 g/mol. The Hall–Kier alpha value is -3.65. The number of ether oxygens (including phenoxy) is 1. The molecule has 14 heteroatoms. The Morgan fingerprint density at radius 1 is 1.21 bits per heavy atom. The molecule has 148 valence electrons. The highest BCUT2D eigenvalue weighted by atomic mass is 32.2. The minimum atomic E-state index is -4.39. The van der Waals surface area contributed by atoms with Crippen molar-refractivity contribution in [3.8, 4) is 5.88 Å². The molecule has 0 aliphatic heterocycles. The quantitative estimate of drug-likeness (QED) is 0.389. The van der Waals surface area contributed by atoms with E-state index in [1.54, 1.807) is 4.83 Å². The fourth-order valence-corrected chi connectivity index (χ4v) is 2.57. The molecular formula is C14H14N6O7S. The van der Waals surface area contributed by atoms with Crippen LogP contribution >= 0.6 is 0 Å². The first-order valence-electron chi connectivity index (χ1n) is 7.40. The predicted octanol–water partition coefficient (Wildman–Crippen LogP) is -1.08. The van der Waals surface area contributed by atoms with Gasteiger partial charge in [-0.25, -0.2) is 23.2 Å². The summed E-state index contributed by atoms with van der Waals surface area (Å²) >= 11 is 0. The van der Waals surface area contributed by atoms with E-state index >= 15 is 0 Å². The molecule has 2 aromatic rings. The van der Waals surface area contributed by atoms with Crippen molar-refractivity contribution in [2.24, 2.45) is 0 Å². The average Bonchev–Trinajstić information content (AvgIpc) is 2.65. The number of anilines is 1. The van der Waals surface area contributed by atoms with Crippen molar-refractivity contribution in [1.29, 1.82) is 0 Å². The zero-order chi connectivity index (χ0) is 20.7. The van der Waals surface area contributed by atoms with Crippen LogP contribution in [0.5, 0.6) is 5.88 Å². The number of hydrogen-bond donors (Lipinski definition) is 4. The van der Waals surface area contributed by atoms with Crippen LogP contribution in [0.2, 0.25) is 0 Å². The zero-order valence-corrected chi connectivity index (χ0v) is 15.1. The number of sulfonamides is 1. The van der Waals surface area contributed by atoms with Gasteiger partial charge in [-0.1, -0.05) is 0 Å². The van der Waals surface area contributed by atoms with Crippen molar-refractivity contribution in [3.63, 3.8) is 0 Å². The molecule has 28 heavy (non-hydrogen) atoms. The topological polar surface area (TPSA) is 190 Å². The number of pyridine rings is 1. The summed E-state index contributed by atoms with van der Waals surface area (Å²) < 4.78 is 29.4. The molecule has 0 unspecified atom stereocenters. The molecule has 0 saturated heterocycles. The van der Waals surface area contributed by atoms with Crippen LogP contribution in [0.3, 0.4) is 0 Å². The van der Waals surface area contributed by atoms with Crippen molar-refractivity contribution < 1.29 is 32.6 Å². The van der Waals surface area contributed by atoms with Gasteiger partial charge in [0.2, 0.25) is 11.8 Å². The second-order valence-electron chi connectivity index (χ2n) is 5.02. The number of aromatic carboxylic acids is 1. The van der Waals surface area contributed by atoms with Crippen LogP contribution in [0.15, 0.2) is 35.7 Å². The molecule has 0 saturated carbocycles. The Labute approximate surface area is 158 Å². The third kappa shape index (κ3) is 5.68. The lowest BCUT2D eigenvalue weighted by Gasteiger charge is -2.11. The minimum absolute atomic E-state index is 0.0573. The van der Waals surface area contributed by atoms with Crippen molar-refractivity contribution in [2.75, 3.05) is 11.9 Å². The monoisotopic (exact) mass is 410 g/mol. The normalized spacial score (nSPS) is 10.8. The van der Waals surface area contributed by atoms with Crippen molar-refractivity contribution in [3.05, 3.63) is 36.4 Å². The molecule has 13 nitrogen and oxygen atoms in total. The molecule has 0 bridgehead atoms. The maximum Gasteiger partial charge on any atom is 0.356 e. The van der Waals surface area contributed by atoms with Crippen LogP contribution in [0, 0.1) is 0 Å². The second kappa shape index (κ2) is 8.83. The van der Waals surface area contributed by atoms with Gasteiger partial charge in [-0.3, -0.25) is 20.0 Å². The lowest BCUT2D eigenvalue weighted by molar-refractivity contribution is -0.123. The van der Waals surface area contributed by atoms with E-state index < -0.39 is 45.1 Å². The van der Waals surface area contributed by atoms with Crippen LogP contribution in [-0.4, -0.2) is 52.9 Å². The zero-order valence-electron chi connectivity index (χ0n) is 14.2. The average molecular weight is 410 g/mol. The molecule has 0 atom stereocenters. The highest BCUT2D eigenvalue weighted by molar-refractivity contribution is 7.89. The molecule has 0 spiro atoms. The van der Waals surface area contributed by atoms with E-state index in [9.17, 15) is 22.8 Å². The summed E-state index contributed by atoms with van der Waals surface area (Å²) in [5.74, 6) is -2.92. The number of carbonyl (C=O) groups is 3. The van der Waals surface area contributed by atoms with Gasteiger partial charge >= 0.3 is 5.97 Å². The highest BCUT2D eigenvalue weighted by Crippen LogP contribution is 2.16. The summed E-state index contributed by atoms with van der Waals surface area (Å²) in [6.07, 6.45) is 3.99. The van der Waals surface area contributed by atoms with E-state index in [4.69, 9.17) is 9.84 Å². The summed E-state index contributed by atoms with van der Waals surface area (Å²) in [6.45, 7) is 0.590. The Morgan fingerprint density at radius 3 is 2.57 bits per heavy atom. The standard InChI is InChI=1S/C14H14N6O7S/c1-8(21)17-9-2-3-12(18-13(9)14(23)24)28(25,26)20-19-10(22)7-27-11-6-15-4-5-16-11/h2-6,20H,7H2,1H3,(H,17,21)(H,19,22)(H,23,24). The van der Waals surface area contributed by atoms with E-state index in [0.717, 1.165) is 19.1 Å². The van der Waals surface area contributed by atoms with Gasteiger partial charge in [-0.15, -0.1) is 4.83 Å². The van der Waals surface area contributed by atoms with Crippen LogP contribution in [0.4, 0.5) is 5.69 Å². The fourth-order valence-electron chi connectivity index (χ4n) is 1.76. The van der Waals surface area contributed by atoms with Crippen LogP contribution in [0.1, 0.15) is 17.4 Å². The van der Waals surface area contributed by atoms with Gasteiger partial charge in [0.15, 0.2) is 17.3 Å². The smallest absolute Gasteiger partial charge is 0.356 e. The molecule has 0 aliphatic carbocycles. The van der Waals surface area contributed by atoms with Gasteiger partial charge in [0.1, 0.15) is 0 Å². The molecule has 0 radical (unpaired) electrons. The molecule has 2 heterocycles. The fraction of sp³-hybridized carbons (Fsp3) is 0.143. The maximum atomic E-state index is 12.2. The number of carboxylic acid groups (broad SMARTS) is 1. The van der Waals surface area contributed by atoms with E-state index in [0.29, 0.717) is 0 Å². The number of carboxylic acids is 1. The Kier molecular flexibility index (Phi) is 6.51. The van der Waals surface area contributed by atoms with Gasteiger partial charge in [-0.05, 0) is 12.1 Å². The van der Waals surface area contributed by atoms with Crippen molar-refractivity contribution in [2.45, 2.75) is 11.9 Å². The molecule has 0 aliphatic rings. The molecule has 4 N–H and O–H groups in total. The Balaban J connectivity index is 2.05. The number of nitrogens with zero attached hydrogens (tertiary/aromatic N) is 3. The number of nitrogens with one attached hydrogen (secondary N) is 3. The van der Waals surface area contributed by atoms with Gasteiger partial charge in [0.25, 0.3) is 15.9 Å². The van der Waals surface area contributed by atoms with Crippen LogP contribution in [-0.2, 0) is 19.6 Å². The summed E-state index contributed by atoms with van der Waals surface area (Å²) in [4.78, 5) is 46.7. The molecule has 2 amide bonds. The van der Waals surface area contributed by atoms with E-state index in [2.05, 4.69) is 20.3 Å². The Morgan fingerprint density at radius 2 is 1.96 bits per heavy atom. The lowest BCUT2D eigenvalue weighted by Crippen LogP contribution is -2.44. The van der Waals surface area contributed by atoms with Crippen LogP contribution < -0.4 is 20.3 Å². The first-order chi connectivity index (χ1) is 13.2. The largest absolute Gasteiger partial charge is 0.476 e. The van der Waals surface area contributed by atoms with E-state index in [1.807, 2.05) is 5.43 Å². The number of amides is 2. The molecule has 0 fully saturated rings. The van der Waals surface area contributed by atoms with Gasteiger partial charge in [0, 0.05) is 19.3 Å². The first-order valence-corrected chi connectivity index (χ1v) is 8.89. The summed E-state index contributed by atoms with van der Waals surface area (Å²) in [5, 5.41) is 10.7. The van der Waals surface area contributed by atoms with Gasteiger partial charge < -0.3 is 15.2 Å².